The van der Waals surface area contributed by atoms with Gasteiger partial charge in [-0.05, 0) is 38.6 Å². The maximum absolute atomic E-state index is 4.61. The van der Waals surface area contributed by atoms with E-state index in [0.29, 0.717) is 6.04 Å². The average Bonchev–Trinajstić information content (AvgIpc) is 2.85. The highest BCUT2D eigenvalue weighted by Crippen LogP contribution is 2.30. The van der Waals surface area contributed by atoms with Crippen LogP contribution in [0.4, 0.5) is 5.13 Å². The Morgan fingerprint density at radius 2 is 2.44 bits per heavy atom. The van der Waals surface area contributed by atoms with Crippen molar-refractivity contribution in [2.45, 2.75) is 46.1 Å². The molecule has 102 valence electrons. The summed E-state index contributed by atoms with van der Waals surface area (Å²) in [6.45, 7) is 10.2. The number of piperidine rings is 1. The first kappa shape index (κ1) is 13.8. The van der Waals surface area contributed by atoms with E-state index >= 15 is 0 Å². The van der Waals surface area contributed by atoms with Gasteiger partial charge in [0.1, 0.15) is 0 Å². The summed E-state index contributed by atoms with van der Waals surface area (Å²) in [5.74, 6) is 0.807. The lowest BCUT2D eigenvalue weighted by molar-refractivity contribution is 0.446. The molecule has 2 unspecified atom stereocenters. The van der Waals surface area contributed by atoms with Gasteiger partial charge in [-0.1, -0.05) is 13.8 Å². The summed E-state index contributed by atoms with van der Waals surface area (Å²) in [5, 5.41) is 4.74. The minimum Gasteiger partial charge on any atom is -0.348 e. The second-order valence-electron chi connectivity index (χ2n) is 5.41. The van der Waals surface area contributed by atoms with Crippen molar-refractivity contribution in [3.8, 4) is 0 Å². The molecule has 0 spiro atoms. The monoisotopic (exact) mass is 267 g/mol. The minimum absolute atomic E-state index is 0.429. The predicted octanol–water partition coefficient (Wildman–Crippen LogP) is 3.44. The van der Waals surface area contributed by atoms with Crippen LogP contribution in [0.5, 0.6) is 0 Å². The highest BCUT2D eigenvalue weighted by atomic mass is 32.1. The summed E-state index contributed by atoms with van der Waals surface area (Å²) in [6, 6.07) is 0.429. The van der Waals surface area contributed by atoms with Gasteiger partial charge in [0.25, 0.3) is 0 Å². The van der Waals surface area contributed by atoms with Gasteiger partial charge in [0.05, 0.1) is 0 Å². The fourth-order valence-corrected chi connectivity index (χ4v) is 3.42. The zero-order valence-electron chi connectivity index (χ0n) is 11.8. The minimum atomic E-state index is 0.429. The lowest BCUT2D eigenvalue weighted by atomic mass is 10.0. The largest absolute Gasteiger partial charge is 0.348 e. The highest BCUT2D eigenvalue weighted by Gasteiger charge is 2.19. The molecule has 1 saturated heterocycles. The number of rotatable bonds is 5. The number of thiazole rings is 1. The molecule has 4 heteroatoms. The van der Waals surface area contributed by atoms with Gasteiger partial charge in [-0.25, -0.2) is 4.98 Å². The number of hydrogen-bond acceptors (Lipinski definition) is 4. The van der Waals surface area contributed by atoms with E-state index < -0.39 is 0 Å². The molecule has 2 heterocycles. The number of hydrogen-bond donors (Lipinski definition) is 1. The number of aromatic nitrogens is 1. The summed E-state index contributed by atoms with van der Waals surface area (Å²) in [7, 11) is 0. The molecule has 1 aromatic rings. The fraction of sp³-hybridized carbons (Fsp3) is 0.786. The van der Waals surface area contributed by atoms with Crippen molar-refractivity contribution in [3.05, 3.63) is 11.1 Å². The summed E-state index contributed by atoms with van der Waals surface area (Å²) in [5.41, 5.74) is 0. The van der Waals surface area contributed by atoms with E-state index in [1.165, 1.54) is 42.4 Å². The van der Waals surface area contributed by atoms with E-state index in [4.69, 9.17) is 0 Å². The number of nitrogens with one attached hydrogen (secondary N) is 1. The van der Waals surface area contributed by atoms with E-state index in [0.717, 1.165) is 12.5 Å². The Kier molecular flexibility index (Phi) is 5.01. The van der Waals surface area contributed by atoms with Gasteiger partial charge >= 0.3 is 0 Å². The van der Waals surface area contributed by atoms with Crippen molar-refractivity contribution in [2.24, 2.45) is 5.92 Å². The Labute approximate surface area is 115 Å². The quantitative estimate of drug-likeness (QED) is 0.886. The van der Waals surface area contributed by atoms with Gasteiger partial charge in [0.15, 0.2) is 5.13 Å². The fourth-order valence-electron chi connectivity index (χ4n) is 2.45. The maximum atomic E-state index is 4.61. The van der Waals surface area contributed by atoms with E-state index in [-0.39, 0.29) is 0 Å². The van der Waals surface area contributed by atoms with Crippen molar-refractivity contribution < 1.29 is 0 Å². The summed E-state index contributed by atoms with van der Waals surface area (Å²) in [4.78, 5) is 8.42. The molecule has 0 saturated carbocycles. The number of anilines is 1. The first-order chi connectivity index (χ1) is 8.70. The highest BCUT2D eigenvalue weighted by molar-refractivity contribution is 7.15. The Balaban J connectivity index is 1.96. The Hall–Kier alpha value is -0.610. The van der Waals surface area contributed by atoms with Crippen molar-refractivity contribution in [1.29, 1.82) is 0 Å². The Bertz CT molecular complexity index is 364. The third-order valence-corrected chi connectivity index (χ3v) is 4.81. The van der Waals surface area contributed by atoms with E-state index in [2.05, 4.69) is 36.0 Å². The summed E-state index contributed by atoms with van der Waals surface area (Å²) in [6.07, 6.45) is 5.90. The van der Waals surface area contributed by atoms with Crippen molar-refractivity contribution >= 4 is 16.5 Å². The molecule has 1 aliphatic heterocycles. The molecule has 1 fully saturated rings. The second kappa shape index (κ2) is 6.53. The lowest BCUT2D eigenvalue weighted by Gasteiger charge is -2.30. The van der Waals surface area contributed by atoms with Crippen LogP contribution in [-0.2, 0) is 0 Å². The van der Waals surface area contributed by atoms with Crippen LogP contribution in [-0.4, -0.2) is 24.6 Å². The molecule has 0 bridgehead atoms. The molecule has 3 nitrogen and oxygen atoms in total. The van der Waals surface area contributed by atoms with Crippen LogP contribution in [0.15, 0.2) is 6.20 Å². The third kappa shape index (κ3) is 3.45. The first-order valence-corrected chi connectivity index (χ1v) is 7.96. The third-order valence-electron chi connectivity index (χ3n) is 3.57. The molecule has 1 aliphatic rings. The van der Waals surface area contributed by atoms with Crippen LogP contribution >= 0.6 is 11.3 Å². The zero-order valence-corrected chi connectivity index (χ0v) is 12.6. The van der Waals surface area contributed by atoms with Gasteiger partial charge in [-0.15, -0.1) is 11.3 Å². The number of nitrogens with zero attached hydrogens (tertiary/aromatic N) is 2. The topological polar surface area (TPSA) is 28.2 Å². The predicted molar refractivity (Wildman–Crippen MR) is 79.4 cm³/mol. The van der Waals surface area contributed by atoms with E-state index in [9.17, 15) is 0 Å². The smallest absolute Gasteiger partial charge is 0.185 e. The van der Waals surface area contributed by atoms with Gasteiger partial charge in [-0.3, -0.25) is 0 Å². The maximum Gasteiger partial charge on any atom is 0.185 e. The van der Waals surface area contributed by atoms with E-state index in [1.807, 2.05) is 17.5 Å². The van der Waals surface area contributed by atoms with Crippen molar-refractivity contribution in [2.75, 3.05) is 24.5 Å². The summed E-state index contributed by atoms with van der Waals surface area (Å²) < 4.78 is 0. The molecule has 0 aliphatic carbocycles. The molecule has 2 atom stereocenters. The van der Waals surface area contributed by atoms with Crippen LogP contribution in [0.1, 0.15) is 51.0 Å². The van der Waals surface area contributed by atoms with Crippen LogP contribution in [0, 0.1) is 5.92 Å². The molecule has 18 heavy (non-hydrogen) atoms. The van der Waals surface area contributed by atoms with Crippen molar-refractivity contribution in [1.82, 2.24) is 10.3 Å². The van der Waals surface area contributed by atoms with Crippen LogP contribution in [0.3, 0.4) is 0 Å². The SMILES string of the molecule is CCCNC(C)c1cnc(N2CCCC(C)C2)s1. The molecule has 1 aromatic heterocycles. The molecule has 0 aromatic carbocycles. The lowest BCUT2D eigenvalue weighted by Crippen LogP contribution is -2.34. The molecule has 0 radical (unpaired) electrons. The summed E-state index contributed by atoms with van der Waals surface area (Å²) >= 11 is 1.85. The molecule has 1 N–H and O–H groups in total. The Morgan fingerprint density at radius 1 is 1.61 bits per heavy atom. The van der Waals surface area contributed by atoms with Crippen LogP contribution in [0.2, 0.25) is 0 Å². The van der Waals surface area contributed by atoms with E-state index in [1.54, 1.807) is 0 Å². The average molecular weight is 267 g/mol. The normalized spacial score (nSPS) is 22.2. The van der Waals surface area contributed by atoms with Gasteiger partial charge in [0, 0.05) is 30.2 Å². The van der Waals surface area contributed by atoms with Gasteiger partial charge in [-0.2, -0.15) is 0 Å². The van der Waals surface area contributed by atoms with Crippen molar-refractivity contribution in [3.63, 3.8) is 0 Å². The van der Waals surface area contributed by atoms with Gasteiger partial charge in [0.2, 0.25) is 0 Å². The first-order valence-electron chi connectivity index (χ1n) is 7.14. The second-order valence-corrected chi connectivity index (χ2v) is 6.46. The van der Waals surface area contributed by atoms with Crippen LogP contribution in [0.25, 0.3) is 0 Å². The van der Waals surface area contributed by atoms with Gasteiger partial charge < -0.3 is 10.2 Å². The van der Waals surface area contributed by atoms with Crippen LogP contribution < -0.4 is 10.2 Å². The Morgan fingerprint density at radius 3 is 3.17 bits per heavy atom. The molecule has 0 amide bonds. The molecular formula is C14H25N3S. The molecule has 2 rings (SSSR count). The standard InChI is InChI=1S/C14H25N3S/c1-4-7-15-12(3)13-9-16-14(18-13)17-8-5-6-11(2)10-17/h9,11-12,15H,4-8,10H2,1-3H3. The molecular weight excluding hydrogens is 242 g/mol. The zero-order chi connectivity index (χ0) is 13.0.